The van der Waals surface area contributed by atoms with Gasteiger partial charge in [0.2, 0.25) is 5.95 Å². The van der Waals surface area contributed by atoms with Crippen molar-refractivity contribution >= 4 is 52.2 Å². The van der Waals surface area contributed by atoms with Crippen molar-refractivity contribution in [3.63, 3.8) is 0 Å². The number of amides is 1. The van der Waals surface area contributed by atoms with E-state index in [0.717, 1.165) is 24.6 Å². The summed E-state index contributed by atoms with van der Waals surface area (Å²) in [6, 6.07) is 4.13. The predicted octanol–water partition coefficient (Wildman–Crippen LogP) is 4.86. The van der Waals surface area contributed by atoms with Crippen molar-refractivity contribution in [3.8, 4) is 0 Å². The molecule has 1 saturated carbocycles. The second kappa shape index (κ2) is 9.06. The van der Waals surface area contributed by atoms with E-state index in [2.05, 4.69) is 15.2 Å². The largest absolute Gasteiger partial charge is 0.353 e. The molecule has 2 fully saturated rings. The van der Waals surface area contributed by atoms with Crippen LogP contribution < -0.4 is 10.2 Å². The minimum atomic E-state index is -0.0590. The van der Waals surface area contributed by atoms with Crippen molar-refractivity contribution in [2.75, 3.05) is 36.4 Å². The molecular formula is C20H25Cl2N5OS. The molecule has 0 bridgehead atoms. The number of thiophene rings is 1. The summed E-state index contributed by atoms with van der Waals surface area (Å²) >= 11 is 13.4. The Labute approximate surface area is 185 Å². The summed E-state index contributed by atoms with van der Waals surface area (Å²) in [6.45, 7) is 4.69. The summed E-state index contributed by atoms with van der Waals surface area (Å²) in [5, 5.41) is 3.52. The van der Waals surface area contributed by atoms with Crippen LogP contribution >= 0.6 is 34.5 Å². The molecule has 156 valence electrons. The van der Waals surface area contributed by atoms with Gasteiger partial charge in [-0.3, -0.25) is 4.79 Å². The lowest BCUT2D eigenvalue weighted by Gasteiger charge is -2.35. The SMILES string of the molecule is Cc1cc(N2CCN(C(=O)c3cc(Cl)sc3Cl)CC2)nc(NC2CCCCC2)n1. The quantitative estimate of drug-likeness (QED) is 0.715. The van der Waals surface area contributed by atoms with Crippen molar-refractivity contribution in [2.45, 2.75) is 45.1 Å². The molecule has 1 saturated heterocycles. The molecule has 0 aromatic carbocycles. The smallest absolute Gasteiger partial charge is 0.256 e. The molecule has 0 atom stereocenters. The van der Waals surface area contributed by atoms with Crippen LogP contribution in [-0.2, 0) is 0 Å². The Morgan fingerprint density at radius 1 is 1.10 bits per heavy atom. The van der Waals surface area contributed by atoms with Crippen LogP contribution in [0.4, 0.5) is 11.8 Å². The van der Waals surface area contributed by atoms with Crippen molar-refractivity contribution in [3.05, 3.63) is 32.1 Å². The third-order valence-corrected chi connectivity index (χ3v) is 7.04. The standard InChI is InChI=1S/C20H25Cl2N5OS/c1-13-11-17(25-20(23-13)24-14-5-3-2-4-6-14)26-7-9-27(10-8-26)19(28)15-12-16(21)29-18(15)22/h11-12,14H,2-10H2,1H3,(H,23,24,25). The van der Waals surface area contributed by atoms with E-state index in [-0.39, 0.29) is 5.91 Å². The number of aromatic nitrogens is 2. The van der Waals surface area contributed by atoms with E-state index in [4.69, 9.17) is 28.2 Å². The fraction of sp³-hybridized carbons (Fsp3) is 0.550. The van der Waals surface area contributed by atoms with Crippen LogP contribution in [0.5, 0.6) is 0 Å². The monoisotopic (exact) mass is 453 g/mol. The molecule has 0 radical (unpaired) electrons. The minimum Gasteiger partial charge on any atom is -0.353 e. The number of anilines is 2. The second-order valence-corrected chi connectivity index (χ2v) is 9.97. The van der Waals surface area contributed by atoms with Crippen LogP contribution in [0.15, 0.2) is 12.1 Å². The van der Waals surface area contributed by atoms with Crippen LogP contribution in [-0.4, -0.2) is 53.0 Å². The van der Waals surface area contributed by atoms with Gasteiger partial charge in [0.1, 0.15) is 10.2 Å². The number of hydrogen-bond acceptors (Lipinski definition) is 6. The molecule has 6 nitrogen and oxygen atoms in total. The van der Waals surface area contributed by atoms with Crippen LogP contribution in [0.25, 0.3) is 0 Å². The highest BCUT2D eigenvalue weighted by Crippen LogP contribution is 2.32. The van der Waals surface area contributed by atoms with Gasteiger partial charge >= 0.3 is 0 Å². The molecule has 1 aliphatic heterocycles. The zero-order valence-corrected chi connectivity index (χ0v) is 18.8. The highest BCUT2D eigenvalue weighted by Gasteiger charge is 2.26. The van der Waals surface area contributed by atoms with E-state index in [1.165, 1.54) is 43.4 Å². The van der Waals surface area contributed by atoms with Gasteiger partial charge in [0.15, 0.2) is 0 Å². The lowest BCUT2D eigenvalue weighted by molar-refractivity contribution is 0.0747. The Morgan fingerprint density at radius 3 is 2.48 bits per heavy atom. The number of piperazine rings is 1. The van der Waals surface area contributed by atoms with Crippen molar-refractivity contribution < 1.29 is 4.79 Å². The van der Waals surface area contributed by atoms with Crippen LogP contribution in [0.1, 0.15) is 48.2 Å². The number of aryl methyl sites for hydroxylation is 1. The fourth-order valence-electron chi connectivity index (χ4n) is 4.00. The Hall–Kier alpha value is -1.57. The summed E-state index contributed by atoms with van der Waals surface area (Å²) in [6.07, 6.45) is 6.23. The highest BCUT2D eigenvalue weighted by atomic mass is 35.5. The summed E-state index contributed by atoms with van der Waals surface area (Å²) in [5.74, 6) is 1.57. The van der Waals surface area contributed by atoms with Gasteiger partial charge in [0, 0.05) is 44.0 Å². The summed E-state index contributed by atoms with van der Waals surface area (Å²) in [5.41, 5.74) is 1.44. The molecular weight excluding hydrogens is 429 g/mol. The molecule has 9 heteroatoms. The average Bonchev–Trinajstić information content (AvgIpc) is 3.06. The Kier molecular flexibility index (Phi) is 6.47. The zero-order chi connectivity index (χ0) is 20.4. The molecule has 2 aromatic rings. The maximum atomic E-state index is 12.7. The maximum absolute atomic E-state index is 12.7. The first-order valence-electron chi connectivity index (χ1n) is 10.1. The molecule has 2 aliphatic rings. The van der Waals surface area contributed by atoms with E-state index in [9.17, 15) is 4.79 Å². The van der Waals surface area contributed by atoms with Crippen molar-refractivity contribution in [1.29, 1.82) is 0 Å². The predicted molar refractivity (Wildman–Crippen MR) is 120 cm³/mol. The summed E-state index contributed by atoms with van der Waals surface area (Å²) < 4.78 is 0.985. The maximum Gasteiger partial charge on any atom is 0.256 e. The molecule has 4 rings (SSSR count). The molecule has 2 aromatic heterocycles. The van der Waals surface area contributed by atoms with E-state index in [1.54, 1.807) is 6.07 Å². The normalized spacial score (nSPS) is 18.2. The minimum absolute atomic E-state index is 0.0590. The van der Waals surface area contributed by atoms with E-state index < -0.39 is 0 Å². The second-order valence-electron chi connectivity index (χ2n) is 7.69. The van der Waals surface area contributed by atoms with Crippen LogP contribution in [0.3, 0.4) is 0 Å². The van der Waals surface area contributed by atoms with Gasteiger partial charge in [0.25, 0.3) is 5.91 Å². The fourth-order valence-corrected chi connectivity index (χ4v) is 5.45. The molecule has 0 unspecified atom stereocenters. The number of halogens is 2. The Bertz CT molecular complexity index is 876. The molecule has 29 heavy (non-hydrogen) atoms. The third kappa shape index (κ3) is 4.95. The number of nitrogens with zero attached hydrogens (tertiary/aromatic N) is 4. The number of rotatable bonds is 4. The van der Waals surface area contributed by atoms with Crippen molar-refractivity contribution in [2.24, 2.45) is 0 Å². The van der Waals surface area contributed by atoms with Gasteiger partial charge in [-0.15, -0.1) is 11.3 Å². The van der Waals surface area contributed by atoms with Gasteiger partial charge in [-0.05, 0) is 25.8 Å². The van der Waals surface area contributed by atoms with Gasteiger partial charge in [0.05, 0.1) is 9.90 Å². The van der Waals surface area contributed by atoms with E-state index in [1.807, 2.05) is 17.9 Å². The Morgan fingerprint density at radius 2 is 1.83 bits per heavy atom. The topological polar surface area (TPSA) is 61.4 Å². The van der Waals surface area contributed by atoms with Gasteiger partial charge in [-0.1, -0.05) is 42.5 Å². The molecule has 1 N–H and O–H groups in total. The number of carbonyl (C=O) groups excluding carboxylic acids is 1. The van der Waals surface area contributed by atoms with Crippen molar-refractivity contribution in [1.82, 2.24) is 14.9 Å². The van der Waals surface area contributed by atoms with Crippen LogP contribution in [0.2, 0.25) is 8.67 Å². The lowest BCUT2D eigenvalue weighted by Crippen LogP contribution is -2.49. The first-order valence-corrected chi connectivity index (χ1v) is 11.7. The number of carbonyl (C=O) groups is 1. The third-order valence-electron chi connectivity index (χ3n) is 5.56. The highest BCUT2D eigenvalue weighted by molar-refractivity contribution is 7.20. The molecule has 0 spiro atoms. The number of hydrogen-bond donors (Lipinski definition) is 1. The molecule has 1 amide bonds. The number of nitrogens with one attached hydrogen (secondary N) is 1. The zero-order valence-electron chi connectivity index (χ0n) is 16.5. The van der Waals surface area contributed by atoms with Crippen LogP contribution in [0, 0.1) is 6.92 Å². The van der Waals surface area contributed by atoms with E-state index in [0.29, 0.717) is 39.3 Å². The first-order chi connectivity index (χ1) is 14.0. The van der Waals surface area contributed by atoms with E-state index >= 15 is 0 Å². The molecule has 1 aliphatic carbocycles. The summed E-state index contributed by atoms with van der Waals surface area (Å²) in [7, 11) is 0. The summed E-state index contributed by atoms with van der Waals surface area (Å²) in [4.78, 5) is 26.1. The average molecular weight is 454 g/mol. The molecule has 3 heterocycles. The van der Waals surface area contributed by atoms with Gasteiger partial charge in [-0.25, -0.2) is 4.98 Å². The Balaban J connectivity index is 1.40. The van der Waals surface area contributed by atoms with Gasteiger partial charge < -0.3 is 15.1 Å². The lowest BCUT2D eigenvalue weighted by atomic mass is 9.96. The first kappa shape index (κ1) is 20.7. The van der Waals surface area contributed by atoms with Gasteiger partial charge in [-0.2, -0.15) is 4.98 Å².